The van der Waals surface area contributed by atoms with Crippen LogP contribution in [0.25, 0.3) is 0 Å². The van der Waals surface area contributed by atoms with Gasteiger partial charge >= 0.3 is 0 Å². The summed E-state index contributed by atoms with van der Waals surface area (Å²) in [7, 11) is 0. The van der Waals surface area contributed by atoms with E-state index in [1.165, 1.54) is 4.90 Å². The van der Waals surface area contributed by atoms with Crippen molar-refractivity contribution in [2.75, 3.05) is 15.5 Å². The van der Waals surface area contributed by atoms with E-state index < -0.39 is 11.9 Å². The largest absolute Gasteiger partial charge is 0.326 e. The van der Waals surface area contributed by atoms with E-state index in [1.807, 2.05) is 30.3 Å². The van der Waals surface area contributed by atoms with Gasteiger partial charge in [-0.3, -0.25) is 19.3 Å². The van der Waals surface area contributed by atoms with E-state index in [2.05, 4.69) is 31.4 Å². The molecule has 1 heterocycles. The molecule has 168 valence electrons. The van der Waals surface area contributed by atoms with Crippen LogP contribution in [0.2, 0.25) is 0 Å². The highest BCUT2D eigenvalue weighted by Crippen LogP contribution is 2.34. The average molecular weight is 442 g/mol. The molecule has 0 unspecified atom stereocenters. The van der Waals surface area contributed by atoms with E-state index >= 15 is 0 Å². The lowest BCUT2D eigenvalue weighted by molar-refractivity contribution is -0.122. The monoisotopic (exact) mass is 441 g/mol. The van der Waals surface area contributed by atoms with E-state index in [0.717, 1.165) is 5.56 Å². The molecule has 0 spiro atoms. The zero-order valence-electron chi connectivity index (χ0n) is 19.0. The number of hydrogen-bond donors (Lipinski definition) is 2. The highest BCUT2D eigenvalue weighted by molar-refractivity contribution is 6.17. The maximum Gasteiger partial charge on any atom is 0.259 e. The first kappa shape index (κ1) is 22.3. The third kappa shape index (κ3) is 4.80. The zero-order chi connectivity index (χ0) is 23.6. The summed E-state index contributed by atoms with van der Waals surface area (Å²) in [6.07, 6.45) is -0.166. The average Bonchev–Trinajstić information content (AvgIpc) is 2.79. The van der Waals surface area contributed by atoms with Gasteiger partial charge in [0.15, 0.2) is 0 Å². The van der Waals surface area contributed by atoms with Gasteiger partial charge in [0.1, 0.15) is 6.04 Å². The minimum atomic E-state index is -0.974. The number of benzene rings is 3. The summed E-state index contributed by atoms with van der Waals surface area (Å²) in [5.41, 5.74) is 3.27. The molecule has 1 atom stereocenters. The maximum absolute atomic E-state index is 13.6. The van der Waals surface area contributed by atoms with Crippen LogP contribution < -0.4 is 15.5 Å². The van der Waals surface area contributed by atoms with Gasteiger partial charge in [-0.1, -0.05) is 63.2 Å². The van der Waals surface area contributed by atoms with E-state index in [0.29, 0.717) is 22.6 Å². The number of fused-ring (bicyclic) bond motifs is 1. The number of nitrogens with one attached hydrogen (secondary N) is 2. The molecule has 4 rings (SSSR count). The predicted molar refractivity (Wildman–Crippen MR) is 130 cm³/mol. The summed E-state index contributed by atoms with van der Waals surface area (Å²) in [6.45, 7) is 6.32. The lowest BCUT2D eigenvalue weighted by Crippen LogP contribution is -2.52. The summed E-state index contributed by atoms with van der Waals surface area (Å²) >= 11 is 0. The fourth-order valence-electron chi connectivity index (χ4n) is 3.89. The van der Waals surface area contributed by atoms with Gasteiger partial charge in [-0.05, 0) is 47.4 Å². The molecule has 0 aliphatic carbocycles. The molecule has 2 N–H and O–H groups in total. The van der Waals surface area contributed by atoms with Crippen LogP contribution in [0.15, 0.2) is 78.9 Å². The van der Waals surface area contributed by atoms with Crippen molar-refractivity contribution in [1.29, 1.82) is 0 Å². The first-order valence-electron chi connectivity index (χ1n) is 10.9. The number of amides is 3. The number of para-hydroxylation sites is 3. The summed E-state index contributed by atoms with van der Waals surface area (Å²) in [4.78, 5) is 40.8. The topological polar surface area (TPSA) is 78.5 Å². The van der Waals surface area contributed by atoms with E-state index in [4.69, 9.17) is 0 Å². The Balaban J connectivity index is 1.65. The van der Waals surface area contributed by atoms with E-state index in [-0.39, 0.29) is 23.7 Å². The first-order chi connectivity index (χ1) is 15.7. The summed E-state index contributed by atoms with van der Waals surface area (Å²) in [5, 5.41) is 5.63. The number of hydrogen-bond acceptors (Lipinski definition) is 3. The molecule has 33 heavy (non-hydrogen) atoms. The van der Waals surface area contributed by atoms with Gasteiger partial charge < -0.3 is 10.6 Å². The van der Waals surface area contributed by atoms with Crippen LogP contribution in [0.5, 0.6) is 0 Å². The van der Waals surface area contributed by atoms with Gasteiger partial charge in [0.2, 0.25) is 11.8 Å². The molecule has 1 aliphatic heterocycles. The molecular weight excluding hydrogens is 414 g/mol. The molecule has 3 aromatic carbocycles. The fourth-order valence-corrected chi connectivity index (χ4v) is 3.89. The van der Waals surface area contributed by atoms with Crippen LogP contribution in [0.1, 0.15) is 43.1 Å². The molecule has 0 radical (unpaired) electrons. The SMILES string of the molecule is CC(C)(C)c1ccc(C(=O)N2c3ccccc3NC(=O)[C@H]2CC(=O)Nc2ccccc2)cc1. The lowest BCUT2D eigenvalue weighted by Gasteiger charge is -2.36. The van der Waals surface area contributed by atoms with Crippen LogP contribution in [0.4, 0.5) is 17.1 Å². The van der Waals surface area contributed by atoms with Gasteiger partial charge in [-0.25, -0.2) is 0 Å². The van der Waals surface area contributed by atoms with Crippen molar-refractivity contribution in [1.82, 2.24) is 0 Å². The molecule has 6 heteroatoms. The Morgan fingerprint density at radius 1 is 0.909 bits per heavy atom. The number of carbonyl (C=O) groups is 3. The minimum absolute atomic E-state index is 0.0444. The van der Waals surface area contributed by atoms with E-state index in [9.17, 15) is 14.4 Å². The third-order valence-corrected chi connectivity index (χ3v) is 5.69. The van der Waals surface area contributed by atoms with Crippen LogP contribution in [0.3, 0.4) is 0 Å². The molecule has 3 aromatic rings. The first-order valence-corrected chi connectivity index (χ1v) is 10.9. The Morgan fingerprint density at radius 2 is 1.55 bits per heavy atom. The van der Waals surface area contributed by atoms with Crippen molar-refractivity contribution >= 4 is 34.8 Å². The van der Waals surface area contributed by atoms with Crippen LogP contribution in [0, 0.1) is 0 Å². The number of rotatable bonds is 4. The Labute approximate surface area is 193 Å². The predicted octanol–water partition coefficient (Wildman–Crippen LogP) is 4.98. The second kappa shape index (κ2) is 8.90. The van der Waals surface area contributed by atoms with Gasteiger partial charge in [0.05, 0.1) is 17.8 Å². The minimum Gasteiger partial charge on any atom is -0.326 e. The Bertz CT molecular complexity index is 1180. The van der Waals surface area contributed by atoms with Crippen molar-refractivity contribution in [3.05, 3.63) is 90.0 Å². The second-order valence-corrected chi connectivity index (χ2v) is 9.14. The molecule has 0 aromatic heterocycles. The molecular formula is C27H27N3O3. The van der Waals surface area contributed by atoms with Gasteiger partial charge in [0, 0.05) is 11.3 Å². The van der Waals surface area contributed by atoms with Crippen molar-refractivity contribution in [3.8, 4) is 0 Å². The molecule has 1 aliphatic rings. The second-order valence-electron chi connectivity index (χ2n) is 9.14. The third-order valence-electron chi connectivity index (χ3n) is 5.69. The molecule has 6 nitrogen and oxygen atoms in total. The lowest BCUT2D eigenvalue weighted by atomic mass is 9.86. The van der Waals surface area contributed by atoms with E-state index in [1.54, 1.807) is 48.5 Å². The van der Waals surface area contributed by atoms with Crippen molar-refractivity contribution < 1.29 is 14.4 Å². The normalized spacial score (nSPS) is 15.4. The number of anilines is 3. The van der Waals surface area contributed by atoms with Gasteiger partial charge in [0.25, 0.3) is 5.91 Å². The Kier molecular flexibility index (Phi) is 6.01. The summed E-state index contributed by atoms with van der Waals surface area (Å²) in [5.74, 6) is -1.06. The Hall–Kier alpha value is -3.93. The van der Waals surface area contributed by atoms with Gasteiger partial charge in [-0.15, -0.1) is 0 Å². The smallest absolute Gasteiger partial charge is 0.259 e. The fraction of sp³-hybridized carbons (Fsp3) is 0.222. The maximum atomic E-state index is 13.6. The summed E-state index contributed by atoms with van der Waals surface area (Å²) in [6, 6.07) is 22.6. The molecule has 0 saturated heterocycles. The number of carbonyl (C=O) groups excluding carboxylic acids is 3. The van der Waals surface area contributed by atoms with Crippen LogP contribution in [-0.2, 0) is 15.0 Å². The molecule has 0 saturated carbocycles. The molecule has 0 fully saturated rings. The standard InChI is InChI=1S/C27H27N3O3/c1-27(2,3)19-15-13-18(14-16-19)26(33)30-22-12-8-7-11-21(22)29-25(32)23(30)17-24(31)28-20-9-5-4-6-10-20/h4-16,23H,17H2,1-3H3,(H,28,31)(H,29,32)/t23-/m1/s1. The van der Waals surface area contributed by atoms with Crippen LogP contribution in [-0.4, -0.2) is 23.8 Å². The van der Waals surface area contributed by atoms with Crippen LogP contribution >= 0.6 is 0 Å². The highest BCUT2D eigenvalue weighted by Gasteiger charge is 2.38. The summed E-state index contributed by atoms with van der Waals surface area (Å²) < 4.78 is 0. The van der Waals surface area contributed by atoms with Crippen molar-refractivity contribution in [3.63, 3.8) is 0 Å². The van der Waals surface area contributed by atoms with Crippen molar-refractivity contribution in [2.45, 2.75) is 38.6 Å². The quantitative estimate of drug-likeness (QED) is 0.599. The zero-order valence-corrected chi connectivity index (χ0v) is 19.0. The highest BCUT2D eigenvalue weighted by atomic mass is 16.2. The molecule has 3 amide bonds. The van der Waals surface area contributed by atoms with Gasteiger partial charge in [-0.2, -0.15) is 0 Å². The Morgan fingerprint density at radius 3 is 2.21 bits per heavy atom. The molecule has 0 bridgehead atoms. The van der Waals surface area contributed by atoms with Crippen molar-refractivity contribution in [2.24, 2.45) is 0 Å². The number of nitrogens with zero attached hydrogens (tertiary/aromatic N) is 1.